The zero-order valence-corrected chi connectivity index (χ0v) is 16.9. The molecule has 1 aliphatic heterocycles. The van der Waals surface area contributed by atoms with Gasteiger partial charge in [-0.3, -0.25) is 14.4 Å². The van der Waals surface area contributed by atoms with E-state index in [0.29, 0.717) is 0 Å². The van der Waals surface area contributed by atoms with Gasteiger partial charge in [-0.15, -0.1) is 0 Å². The van der Waals surface area contributed by atoms with E-state index in [4.69, 9.17) is 0 Å². The number of fused-ring (bicyclic) bond motifs is 1. The Bertz CT molecular complexity index is 1190. The van der Waals surface area contributed by atoms with Gasteiger partial charge in [-0.05, 0) is 48.7 Å². The summed E-state index contributed by atoms with van der Waals surface area (Å²) in [6, 6.07) is 16.0. The van der Waals surface area contributed by atoms with E-state index in [1.165, 1.54) is 24.3 Å². The molecule has 0 bridgehead atoms. The van der Waals surface area contributed by atoms with E-state index in [0.717, 1.165) is 27.9 Å². The average molecular weight is 420 g/mol. The fraction of sp³-hybridized carbons (Fsp3) is 0.217. The highest BCUT2D eigenvalue weighted by Crippen LogP contribution is 2.32. The fourth-order valence-corrected chi connectivity index (χ4v) is 3.67. The van der Waals surface area contributed by atoms with Crippen LogP contribution in [0.1, 0.15) is 28.5 Å². The Balaban J connectivity index is 1.48. The number of hydrogen-bond donors (Lipinski definition) is 1. The zero-order valence-electron chi connectivity index (χ0n) is 16.9. The lowest BCUT2D eigenvalue weighted by Crippen LogP contribution is -2.38. The summed E-state index contributed by atoms with van der Waals surface area (Å²) >= 11 is 0. The van der Waals surface area contributed by atoms with Crippen molar-refractivity contribution >= 4 is 17.5 Å². The number of carbonyl (C=O) groups excluding carboxylic acids is 2. The molecule has 2 aromatic carbocycles. The number of nitrogens with one attached hydrogen (secondary N) is 1. The van der Waals surface area contributed by atoms with Gasteiger partial charge >= 0.3 is 0 Å². The molecule has 0 aliphatic carbocycles. The number of carbonyl (C=O) groups is 2. The van der Waals surface area contributed by atoms with Crippen LogP contribution >= 0.6 is 0 Å². The van der Waals surface area contributed by atoms with Crippen molar-refractivity contribution < 1.29 is 14.0 Å². The number of hydrogen-bond acceptors (Lipinski definition) is 4. The van der Waals surface area contributed by atoms with Crippen molar-refractivity contribution in [2.24, 2.45) is 0 Å². The van der Waals surface area contributed by atoms with Crippen LogP contribution in [-0.2, 0) is 24.3 Å². The van der Waals surface area contributed by atoms with Crippen LogP contribution in [0.2, 0.25) is 0 Å². The molecule has 1 atom stereocenters. The van der Waals surface area contributed by atoms with Crippen molar-refractivity contribution in [1.29, 1.82) is 0 Å². The summed E-state index contributed by atoms with van der Waals surface area (Å²) in [5.41, 5.74) is 2.24. The number of rotatable bonds is 5. The molecule has 1 N–H and O–H groups in total. The summed E-state index contributed by atoms with van der Waals surface area (Å²) in [5.74, 6) is -1.12. The molecular formula is C23H21FN4O3. The molecule has 31 heavy (non-hydrogen) atoms. The third kappa shape index (κ3) is 4.37. The molecule has 0 spiro atoms. The van der Waals surface area contributed by atoms with Crippen LogP contribution in [0, 0.1) is 5.82 Å². The standard InChI is InChI=1S/C23H21FN4O3/c1-15-12-17-4-2-3-5-20(17)28(15)23(31)19-10-11-22(30)27(26-19)14-21(29)25-13-16-6-8-18(24)9-7-16/h2-11,15H,12-14H2,1H3,(H,25,29). The van der Waals surface area contributed by atoms with Gasteiger partial charge in [0.2, 0.25) is 5.91 Å². The van der Waals surface area contributed by atoms with E-state index < -0.39 is 11.5 Å². The molecule has 2 heterocycles. The van der Waals surface area contributed by atoms with Gasteiger partial charge in [0.05, 0.1) is 0 Å². The first-order chi connectivity index (χ1) is 14.9. The molecular weight excluding hydrogens is 399 g/mol. The van der Waals surface area contributed by atoms with Gasteiger partial charge in [0, 0.05) is 24.3 Å². The smallest absolute Gasteiger partial charge is 0.278 e. The molecule has 7 nitrogen and oxygen atoms in total. The van der Waals surface area contributed by atoms with Crippen LogP contribution in [-0.4, -0.2) is 27.6 Å². The number of anilines is 1. The Morgan fingerprint density at radius 3 is 2.61 bits per heavy atom. The second-order valence-electron chi connectivity index (χ2n) is 7.47. The first-order valence-corrected chi connectivity index (χ1v) is 9.93. The quantitative estimate of drug-likeness (QED) is 0.687. The van der Waals surface area contributed by atoms with Crippen LogP contribution in [0.15, 0.2) is 65.5 Å². The van der Waals surface area contributed by atoms with Gasteiger partial charge < -0.3 is 10.2 Å². The SMILES string of the molecule is CC1Cc2ccccc2N1C(=O)c1ccc(=O)n(CC(=O)NCc2ccc(F)cc2)n1. The summed E-state index contributed by atoms with van der Waals surface area (Å²) < 4.78 is 13.9. The second kappa shape index (κ2) is 8.51. The lowest BCUT2D eigenvalue weighted by atomic mass is 10.1. The maximum Gasteiger partial charge on any atom is 0.278 e. The van der Waals surface area contributed by atoms with Crippen LogP contribution in [0.25, 0.3) is 0 Å². The minimum atomic E-state index is -0.483. The first kappa shape index (κ1) is 20.5. The Labute approximate surface area is 178 Å². The topological polar surface area (TPSA) is 84.3 Å². The van der Waals surface area contributed by atoms with Gasteiger partial charge in [-0.1, -0.05) is 30.3 Å². The monoisotopic (exact) mass is 420 g/mol. The Morgan fingerprint density at radius 1 is 1.10 bits per heavy atom. The molecule has 0 saturated heterocycles. The maximum atomic E-state index is 13.1. The lowest BCUT2D eigenvalue weighted by molar-refractivity contribution is -0.122. The third-order valence-corrected chi connectivity index (χ3v) is 5.21. The number of amides is 2. The van der Waals surface area contributed by atoms with E-state index in [2.05, 4.69) is 10.4 Å². The summed E-state index contributed by atoms with van der Waals surface area (Å²) in [6.07, 6.45) is 0.743. The van der Waals surface area contributed by atoms with Gasteiger partial charge in [0.1, 0.15) is 18.1 Å². The van der Waals surface area contributed by atoms with E-state index in [1.807, 2.05) is 31.2 Å². The van der Waals surface area contributed by atoms with E-state index in [9.17, 15) is 18.8 Å². The molecule has 8 heteroatoms. The zero-order chi connectivity index (χ0) is 22.0. The van der Waals surface area contributed by atoms with Gasteiger partial charge in [0.15, 0.2) is 0 Å². The number of halogens is 1. The van der Waals surface area contributed by atoms with Crippen LogP contribution in [0.4, 0.5) is 10.1 Å². The van der Waals surface area contributed by atoms with Crippen LogP contribution in [0.5, 0.6) is 0 Å². The molecule has 4 rings (SSSR count). The predicted octanol–water partition coefficient (Wildman–Crippen LogP) is 2.29. The number of aromatic nitrogens is 2. The molecule has 3 aromatic rings. The summed E-state index contributed by atoms with van der Waals surface area (Å²) in [6.45, 7) is 1.82. The van der Waals surface area contributed by atoms with E-state index in [-0.39, 0.29) is 36.5 Å². The average Bonchev–Trinajstić information content (AvgIpc) is 3.10. The van der Waals surface area contributed by atoms with Crippen molar-refractivity contribution in [3.63, 3.8) is 0 Å². The maximum absolute atomic E-state index is 13.1. The number of para-hydroxylation sites is 1. The molecule has 0 saturated carbocycles. The minimum Gasteiger partial charge on any atom is -0.350 e. The third-order valence-electron chi connectivity index (χ3n) is 5.21. The number of benzene rings is 2. The molecule has 1 aliphatic rings. The van der Waals surface area contributed by atoms with Crippen molar-refractivity contribution in [1.82, 2.24) is 15.1 Å². The number of nitrogens with zero attached hydrogens (tertiary/aromatic N) is 3. The normalized spacial score (nSPS) is 14.9. The highest BCUT2D eigenvalue weighted by Gasteiger charge is 2.32. The van der Waals surface area contributed by atoms with Crippen molar-refractivity contribution in [2.75, 3.05) is 4.90 Å². The summed E-state index contributed by atoms with van der Waals surface area (Å²) in [5, 5.41) is 6.79. The highest BCUT2D eigenvalue weighted by atomic mass is 19.1. The summed E-state index contributed by atoms with van der Waals surface area (Å²) in [7, 11) is 0. The van der Waals surface area contributed by atoms with Crippen molar-refractivity contribution in [2.45, 2.75) is 32.5 Å². The second-order valence-corrected chi connectivity index (χ2v) is 7.47. The molecule has 158 valence electrons. The largest absolute Gasteiger partial charge is 0.350 e. The van der Waals surface area contributed by atoms with Crippen molar-refractivity contribution in [3.05, 3.63) is 93.7 Å². The van der Waals surface area contributed by atoms with E-state index >= 15 is 0 Å². The van der Waals surface area contributed by atoms with Crippen LogP contribution < -0.4 is 15.8 Å². The van der Waals surface area contributed by atoms with Crippen LogP contribution in [0.3, 0.4) is 0 Å². The van der Waals surface area contributed by atoms with Gasteiger partial charge in [-0.25, -0.2) is 9.07 Å². The Kier molecular flexibility index (Phi) is 5.62. The van der Waals surface area contributed by atoms with E-state index in [1.54, 1.807) is 17.0 Å². The van der Waals surface area contributed by atoms with Crippen molar-refractivity contribution in [3.8, 4) is 0 Å². The molecule has 2 amide bonds. The molecule has 1 unspecified atom stereocenters. The lowest BCUT2D eigenvalue weighted by Gasteiger charge is -2.22. The molecule has 0 fully saturated rings. The first-order valence-electron chi connectivity index (χ1n) is 9.93. The fourth-order valence-electron chi connectivity index (χ4n) is 3.67. The summed E-state index contributed by atoms with van der Waals surface area (Å²) in [4.78, 5) is 39.2. The van der Waals surface area contributed by atoms with Gasteiger partial charge in [0.25, 0.3) is 11.5 Å². The predicted molar refractivity (Wildman–Crippen MR) is 113 cm³/mol. The van der Waals surface area contributed by atoms with Gasteiger partial charge in [-0.2, -0.15) is 5.10 Å². The molecule has 0 radical (unpaired) electrons. The Morgan fingerprint density at radius 2 is 1.84 bits per heavy atom. The Hall–Kier alpha value is -3.81. The minimum absolute atomic E-state index is 0.0360. The molecule has 1 aromatic heterocycles. The highest BCUT2D eigenvalue weighted by molar-refractivity contribution is 6.06.